The summed E-state index contributed by atoms with van der Waals surface area (Å²) in [5.41, 5.74) is 3.94. The van der Waals surface area contributed by atoms with E-state index in [-0.39, 0.29) is 5.69 Å². The lowest BCUT2D eigenvalue weighted by Gasteiger charge is -1.99. The van der Waals surface area contributed by atoms with Gasteiger partial charge in [-0.2, -0.15) is 5.10 Å². The maximum Gasteiger partial charge on any atom is 0.353 e. The normalized spacial score (nSPS) is 11.1. The quantitative estimate of drug-likeness (QED) is 0.739. The molecule has 2 heterocycles. The van der Waals surface area contributed by atoms with Gasteiger partial charge >= 0.3 is 5.97 Å². The summed E-state index contributed by atoms with van der Waals surface area (Å²) in [6.45, 7) is 2.04. The van der Waals surface area contributed by atoms with E-state index in [4.69, 9.17) is 5.11 Å². The lowest BCUT2D eigenvalue weighted by molar-refractivity contribution is 0.0690. The van der Waals surface area contributed by atoms with Gasteiger partial charge in [0.2, 0.25) is 0 Å². The highest BCUT2D eigenvalue weighted by molar-refractivity contribution is 5.98. The third kappa shape index (κ3) is 1.71. The first kappa shape index (κ1) is 11.5. The van der Waals surface area contributed by atoms with Gasteiger partial charge in [-0.1, -0.05) is 12.1 Å². The largest absolute Gasteiger partial charge is 0.477 e. The Morgan fingerprint density at radius 3 is 2.89 bits per heavy atom. The summed E-state index contributed by atoms with van der Waals surface area (Å²) in [6, 6.07) is 7.64. The molecular weight excluding hydrogens is 242 g/mol. The van der Waals surface area contributed by atoms with Crippen LogP contribution in [0, 0.1) is 6.92 Å². The first-order valence-electron chi connectivity index (χ1n) is 5.91. The fraction of sp³-hybridized carbons (Fsp3) is 0.143. The molecule has 0 bridgehead atoms. The number of hydrogen-bond acceptors (Lipinski definition) is 2. The highest BCUT2D eigenvalue weighted by Gasteiger charge is 2.15. The van der Waals surface area contributed by atoms with E-state index in [2.05, 4.69) is 10.2 Å². The zero-order valence-electron chi connectivity index (χ0n) is 10.6. The molecule has 2 aromatic heterocycles. The zero-order valence-corrected chi connectivity index (χ0v) is 10.6. The Balaban J connectivity index is 2.27. The van der Waals surface area contributed by atoms with E-state index in [1.54, 1.807) is 6.07 Å². The van der Waals surface area contributed by atoms with Crippen LogP contribution in [0.4, 0.5) is 0 Å². The third-order valence-electron chi connectivity index (χ3n) is 3.31. The second-order valence-corrected chi connectivity index (χ2v) is 4.59. The second kappa shape index (κ2) is 3.98. The molecule has 0 atom stereocenters. The van der Waals surface area contributed by atoms with Crippen molar-refractivity contribution in [2.24, 2.45) is 7.05 Å². The summed E-state index contributed by atoms with van der Waals surface area (Å²) in [5, 5.41) is 16.7. The van der Waals surface area contributed by atoms with Crippen molar-refractivity contribution in [3.8, 4) is 11.3 Å². The van der Waals surface area contributed by atoms with E-state index in [9.17, 15) is 4.79 Å². The van der Waals surface area contributed by atoms with Crippen LogP contribution in [0.1, 0.15) is 16.1 Å². The van der Waals surface area contributed by atoms with Gasteiger partial charge in [-0.15, -0.1) is 0 Å². The molecule has 5 heteroatoms. The van der Waals surface area contributed by atoms with Crippen molar-refractivity contribution >= 4 is 16.9 Å². The van der Waals surface area contributed by atoms with Gasteiger partial charge in [0.25, 0.3) is 0 Å². The van der Waals surface area contributed by atoms with Crippen LogP contribution in [0.3, 0.4) is 0 Å². The average Bonchev–Trinajstić information content (AvgIpc) is 2.95. The van der Waals surface area contributed by atoms with Gasteiger partial charge in [0.05, 0.1) is 5.69 Å². The highest BCUT2D eigenvalue weighted by Crippen LogP contribution is 2.31. The molecular formula is C14H13N3O2. The maximum absolute atomic E-state index is 10.9. The van der Waals surface area contributed by atoms with E-state index < -0.39 is 5.97 Å². The number of carbonyl (C=O) groups is 1. The summed E-state index contributed by atoms with van der Waals surface area (Å²) in [5.74, 6) is -1.00. The van der Waals surface area contributed by atoms with Crippen molar-refractivity contribution < 1.29 is 9.90 Å². The average molecular weight is 255 g/mol. The number of benzene rings is 1. The summed E-state index contributed by atoms with van der Waals surface area (Å²) in [7, 11) is 1.97. The first-order chi connectivity index (χ1) is 9.08. The molecule has 0 unspecified atom stereocenters. The van der Waals surface area contributed by atoms with Crippen molar-refractivity contribution in [3.05, 3.63) is 41.7 Å². The molecule has 0 radical (unpaired) electrons. The number of nitrogens with zero attached hydrogens (tertiary/aromatic N) is 2. The highest BCUT2D eigenvalue weighted by atomic mass is 16.4. The monoisotopic (exact) mass is 255 g/mol. The number of rotatable bonds is 2. The van der Waals surface area contributed by atoms with E-state index in [1.807, 2.05) is 42.9 Å². The Hall–Kier alpha value is -2.56. The molecule has 96 valence electrons. The predicted molar refractivity (Wildman–Crippen MR) is 72.2 cm³/mol. The van der Waals surface area contributed by atoms with Crippen LogP contribution in [0.15, 0.2) is 30.5 Å². The van der Waals surface area contributed by atoms with Gasteiger partial charge in [0.15, 0.2) is 0 Å². The van der Waals surface area contributed by atoms with Crippen molar-refractivity contribution in [2.45, 2.75) is 6.92 Å². The lowest BCUT2D eigenvalue weighted by Crippen LogP contribution is -1.95. The van der Waals surface area contributed by atoms with Crippen molar-refractivity contribution in [1.29, 1.82) is 0 Å². The molecule has 2 N–H and O–H groups in total. The number of carboxylic acids is 1. The number of fused-ring (bicyclic) bond motifs is 1. The van der Waals surface area contributed by atoms with Crippen LogP contribution in [0.5, 0.6) is 0 Å². The second-order valence-electron chi connectivity index (χ2n) is 4.59. The van der Waals surface area contributed by atoms with E-state index in [0.29, 0.717) is 5.69 Å². The Labute approximate surface area is 109 Å². The van der Waals surface area contributed by atoms with Crippen molar-refractivity contribution in [3.63, 3.8) is 0 Å². The van der Waals surface area contributed by atoms with E-state index in [1.165, 1.54) is 0 Å². The SMILES string of the molecule is Cc1cccc2c1c(-c1cc(C(=O)O)[nH]n1)cn2C. The minimum absolute atomic E-state index is 0.0978. The van der Waals surface area contributed by atoms with Crippen LogP contribution in [0.25, 0.3) is 22.2 Å². The number of carboxylic acid groups (broad SMARTS) is 1. The number of aromatic amines is 1. The minimum Gasteiger partial charge on any atom is -0.477 e. The standard InChI is InChI=1S/C14H13N3O2/c1-8-4-3-5-12-13(8)9(7-17(12)2)10-6-11(14(18)19)16-15-10/h3-7H,1-2H3,(H,15,16)(H,18,19). The number of H-pyrrole nitrogens is 1. The molecule has 0 aliphatic heterocycles. The smallest absolute Gasteiger partial charge is 0.353 e. The molecule has 0 saturated carbocycles. The van der Waals surface area contributed by atoms with Crippen LogP contribution >= 0.6 is 0 Å². The Bertz CT molecular complexity index is 783. The Kier molecular flexibility index (Phi) is 2.41. The number of aryl methyl sites for hydroxylation is 2. The van der Waals surface area contributed by atoms with Gasteiger partial charge in [0, 0.05) is 29.7 Å². The topological polar surface area (TPSA) is 70.9 Å². The van der Waals surface area contributed by atoms with E-state index in [0.717, 1.165) is 22.0 Å². The number of aromatic carboxylic acids is 1. The Morgan fingerprint density at radius 1 is 1.42 bits per heavy atom. The minimum atomic E-state index is -1.00. The van der Waals surface area contributed by atoms with Gasteiger partial charge in [0.1, 0.15) is 5.69 Å². The van der Waals surface area contributed by atoms with Gasteiger partial charge in [-0.3, -0.25) is 5.10 Å². The van der Waals surface area contributed by atoms with Crippen LogP contribution in [-0.2, 0) is 7.05 Å². The van der Waals surface area contributed by atoms with Crippen LogP contribution < -0.4 is 0 Å². The molecule has 3 aromatic rings. The van der Waals surface area contributed by atoms with Gasteiger partial charge in [-0.25, -0.2) is 4.79 Å². The molecule has 0 amide bonds. The summed E-state index contributed by atoms with van der Waals surface area (Å²) < 4.78 is 2.02. The molecule has 0 spiro atoms. The predicted octanol–water partition coefficient (Wildman–Crippen LogP) is 2.58. The third-order valence-corrected chi connectivity index (χ3v) is 3.31. The lowest BCUT2D eigenvalue weighted by atomic mass is 10.1. The van der Waals surface area contributed by atoms with Crippen LogP contribution in [0.2, 0.25) is 0 Å². The molecule has 1 aromatic carbocycles. The molecule has 19 heavy (non-hydrogen) atoms. The summed E-state index contributed by atoms with van der Waals surface area (Å²) >= 11 is 0. The molecule has 0 fully saturated rings. The molecule has 0 saturated heterocycles. The fourth-order valence-electron chi connectivity index (χ4n) is 2.39. The van der Waals surface area contributed by atoms with Crippen molar-refractivity contribution in [1.82, 2.24) is 14.8 Å². The first-order valence-corrected chi connectivity index (χ1v) is 5.91. The Morgan fingerprint density at radius 2 is 2.21 bits per heavy atom. The summed E-state index contributed by atoms with van der Waals surface area (Å²) in [6.07, 6.45) is 1.97. The maximum atomic E-state index is 10.9. The number of nitrogens with one attached hydrogen (secondary N) is 1. The van der Waals surface area contributed by atoms with E-state index >= 15 is 0 Å². The van der Waals surface area contributed by atoms with Gasteiger partial charge < -0.3 is 9.67 Å². The molecule has 5 nitrogen and oxygen atoms in total. The number of aromatic nitrogens is 3. The summed E-state index contributed by atoms with van der Waals surface area (Å²) in [4.78, 5) is 10.9. The van der Waals surface area contributed by atoms with Crippen molar-refractivity contribution in [2.75, 3.05) is 0 Å². The number of hydrogen-bond donors (Lipinski definition) is 2. The molecule has 3 rings (SSSR count). The fourth-order valence-corrected chi connectivity index (χ4v) is 2.39. The zero-order chi connectivity index (χ0) is 13.6. The van der Waals surface area contributed by atoms with Crippen LogP contribution in [-0.4, -0.2) is 25.8 Å². The molecule has 0 aliphatic carbocycles. The molecule has 0 aliphatic rings. The van der Waals surface area contributed by atoms with Gasteiger partial charge in [-0.05, 0) is 24.6 Å².